The Morgan fingerprint density at radius 1 is 1.23 bits per heavy atom. The fraction of sp³-hybridized carbons (Fsp3) is 0.429. The summed E-state index contributed by atoms with van der Waals surface area (Å²) in [6.45, 7) is 2.89. The Morgan fingerprint density at radius 2 is 2.00 bits per heavy atom. The van der Waals surface area contributed by atoms with Crippen LogP contribution in [0, 0.1) is 11.6 Å². The van der Waals surface area contributed by atoms with E-state index in [0.717, 1.165) is 25.1 Å². The third-order valence-electron chi connectivity index (χ3n) is 3.49. The minimum atomic E-state index is -0.829. The molecule has 0 spiro atoms. The third-order valence-corrected chi connectivity index (χ3v) is 4.56. The average molecular weight is 326 g/mol. The van der Waals surface area contributed by atoms with E-state index >= 15 is 0 Å². The number of hydrogen-bond acceptors (Lipinski definition) is 5. The van der Waals surface area contributed by atoms with E-state index < -0.39 is 11.6 Å². The first-order valence-electron chi connectivity index (χ1n) is 6.94. The van der Waals surface area contributed by atoms with Crippen LogP contribution in [0.4, 0.5) is 14.7 Å². The van der Waals surface area contributed by atoms with Gasteiger partial charge in [-0.2, -0.15) is 0 Å². The van der Waals surface area contributed by atoms with Crippen LogP contribution in [0.25, 0.3) is 0 Å². The molecule has 0 amide bonds. The van der Waals surface area contributed by atoms with Crippen LogP contribution in [0.2, 0.25) is 0 Å². The van der Waals surface area contributed by atoms with Crippen molar-refractivity contribution in [3.8, 4) is 0 Å². The van der Waals surface area contributed by atoms with Gasteiger partial charge in [-0.3, -0.25) is 4.57 Å². The minimum Gasteiger partial charge on any atom is -0.378 e. The van der Waals surface area contributed by atoms with Gasteiger partial charge in [0.15, 0.2) is 16.8 Å². The maximum absolute atomic E-state index is 13.6. The molecule has 0 saturated carbocycles. The van der Waals surface area contributed by atoms with E-state index in [1.54, 1.807) is 6.07 Å². The second-order valence-corrected chi connectivity index (χ2v) is 5.89. The standard InChI is InChI=1S/C14H16F2N4OS/c1-19-13(20-5-7-21-8-6-20)17-18-14(19)22-9-10-3-2-4-11(15)12(10)16/h2-4H,5-9H2,1H3. The van der Waals surface area contributed by atoms with Crippen LogP contribution in [0.15, 0.2) is 23.4 Å². The molecule has 0 bridgehead atoms. The Morgan fingerprint density at radius 3 is 2.77 bits per heavy atom. The molecule has 2 aromatic rings. The molecule has 2 heterocycles. The van der Waals surface area contributed by atoms with Crippen LogP contribution in [-0.2, 0) is 17.5 Å². The average Bonchev–Trinajstić information content (AvgIpc) is 2.91. The zero-order chi connectivity index (χ0) is 15.5. The van der Waals surface area contributed by atoms with Gasteiger partial charge < -0.3 is 9.64 Å². The number of ether oxygens (including phenoxy) is 1. The first-order chi connectivity index (χ1) is 10.7. The Labute approximate surface area is 131 Å². The lowest BCUT2D eigenvalue weighted by Gasteiger charge is -2.27. The molecular formula is C14H16F2N4OS. The quantitative estimate of drug-likeness (QED) is 0.806. The molecule has 1 aliphatic rings. The fourth-order valence-corrected chi connectivity index (χ4v) is 3.16. The summed E-state index contributed by atoms with van der Waals surface area (Å²) in [4.78, 5) is 2.10. The van der Waals surface area contributed by atoms with Crippen LogP contribution in [0.3, 0.4) is 0 Å². The first kappa shape index (κ1) is 15.2. The van der Waals surface area contributed by atoms with Crippen LogP contribution in [-0.4, -0.2) is 41.1 Å². The summed E-state index contributed by atoms with van der Waals surface area (Å²) < 4.78 is 34.0. The molecule has 0 unspecified atom stereocenters. The second-order valence-electron chi connectivity index (χ2n) is 4.94. The minimum absolute atomic E-state index is 0.304. The number of aromatic nitrogens is 3. The smallest absolute Gasteiger partial charge is 0.227 e. The van der Waals surface area contributed by atoms with Gasteiger partial charge in [-0.25, -0.2) is 8.78 Å². The highest BCUT2D eigenvalue weighted by molar-refractivity contribution is 7.98. The van der Waals surface area contributed by atoms with E-state index in [0.29, 0.717) is 29.7 Å². The summed E-state index contributed by atoms with van der Waals surface area (Å²) in [6, 6.07) is 4.19. The molecule has 5 nitrogen and oxygen atoms in total. The van der Waals surface area contributed by atoms with Crippen LogP contribution < -0.4 is 4.90 Å². The van der Waals surface area contributed by atoms with Gasteiger partial charge in [0.2, 0.25) is 5.95 Å². The molecule has 22 heavy (non-hydrogen) atoms. The van der Waals surface area contributed by atoms with Gasteiger partial charge in [-0.15, -0.1) is 10.2 Å². The summed E-state index contributed by atoms with van der Waals surface area (Å²) in [5.74, 6) is -0.556. The van der Waals surface area contributed by atoms with E-state index in [1.807, 2.05) is 11.6 Å². The molecule has 0 atom stereocenters. The summed E-state index contributed by atoms with van der Waals surface area (Å²) in [5, 5.41) is 8.99. The normalized spacial score (nSPS) is 15.3. The second kappa shape index (κ2) is 6.62. The van der Waals surface area contributed by atoms with Gasteiger partial charge >= 0.3 is 0 Å². The van der Waals surface area contributed by atoms with Gasteiger partial charge in [0.1, 0.15) is 0 Å². The highest BCUT2D eigenvalue weighted by atomic mass is 32.2. The predicted octanol–water partition coefficient (Wildman–Crippen LogP) is 2.22. The Hall–Kier alpha value is -1.67. The molecule has 118 valence electrons. The molecule has 1 saturated heterocycles. The van der Waals surface area contributed by atoms with Crippen molar-refractivity contribution in [2.45, 2.75) is 10.9 Å². The Kier molecular flexibility index (Phi) is 4.58. The van der Waals surface area contributed by atoms with Crippen molar-refractivity contribution in [1.82, 2.24) is 14.8 Å². The maximum atomic E-state index is 13.6. The van der Waals surface area contributed by atoms with Gasteiger partial charge in [0.05, 0.1) is 13.2 Å². The van der Waals surface area contributed by atoms with Crippen molar-refractivity contribution in [3.63, 3.8) is 0 Å². The molecule has 1 aromatic carbocycles. The molecule has 1 aromatic heterocycles. The molecule has 0 N–H and O–H groups in total. The fourth-order valence-electron chi connectivity index (χ4n) is 2.27. The predicted molar refractivity (Wildman–Crippen MR) is 80.0 cm³/mol. The van der Waals surface area contributed by atoms with Crippen molar-refractivity contribution in [2.24, 2.45) is 7.05 Å². The SMILES string of the molecule is Cn1c(SCc2cccc(F)c2F)nnc1N1CCOCC1. The summed E-state index contributed by atoms with van der Waals surface area (Å²) >= 11 is 1.33. The molecule has 0 radical (unpaired) electrons. The van der Waals surface area contributed by atoms with Gasteiger partial charge in [-0.1, -0.05) is 23.9 Å². The number of benzene rings is 1. The monoisotopic (exact) mass is 326 g/mol. The van der Waals surface area contributed by atoms with Crippen molar-refractivity contribution in [1.29, 1.82) is 0 Å². The maximum Gasteiger partial charge on any atom is 0.227 e. The van der Waals surface area contributed by atoms with E-state index in [9.17, 15) is 8.78 Å². The number of nitrogens with zero attached hydrogens (tertiary/aromatic N) is 4. The van der Waals surface area contributed by atoms with Gasteiger partial charge in [0.25, 0.3) is 0 Å². The van der Waals surface area contributed by atoms with Crippen LogP contribution >= 0.6 is 11.8 Å². The molecule has 1 fully saturated rings. The van der Waals surface area contributed by atoms with Crippen LogP contribution in [0.5, 0.6) is 0 Å². The lowest BCUT2D eigenvalue weighted by molar-refractivity contribution is 0.121. The highest BCUT2D eigenvalue weighted by Crippen LogP contribution is 2.25. The largest absolute Gasteiger partial charge is 0.378 e. The van der Waals surface area contributed by atoms with Crippen LogP contribution in [0.1, 0.15) is 5.56 Å². The Bertz CT molecular complexity index is 658. The van der Waals surface area contributed by atoms with Crippen molar-refractivity contribution < 1.29 is 13.5 Å². The van der Waals surface area contributed by atoms with E-state index in [-0.39, 0.29) is 0 Å². The highest BCUT2D eigenvalue weighted by Gasteiger charge is 2.19. The zero-order valence-electron chi connectivity index (χ0n) is 12.1. The molecule has 0 aliphatic carbocycles. The van der Waals surface area contributed by atoms with Crippen molar-refractivity contribution >= 4 is 17.7 Å². The summed E-state index contributed by atoms with van der Waals surface area (Å²) in [5.41, 5.74) is 0.320. The van der Waals surface area contributed by atoms with E-state index in [4.69, 9.17) is 4.74 Å². The zero-order valence-corrected chi connectivity index (χ0v) is 12.9. The van der Waals surface area contributed by atoms with Crippen molar-refractivity contribution in [3.05, 3.63) is 35.4 Å². The number of hydrogen-bond donors (Lipinski definition) is 0. The van der Waals surface area contributed by atoms with Gasteiger partial charge in [-0.05, 0) is 6.07 Å². The first-order valence-corrected chi connectivity index (χ1v) is 7.93. The molecular weight excluding hydrogens is 310 g/mol. The summed E-state index contributed by atoms with van der Waals surface area (Å²) in [6.07, 6.45) is 0. The molecule has 1 aliphatic heterocycles. The number of thioether (sulfide) groups is 1. The van der Waals surface area contributed by atoms with Crippen molar-refractivity contribution in [2.75, 3.05) is 31.2 Å². The topological polar surface area (TPSA) is 43.2 Å². The number of morpholine rings is 1. The lowest BCUT2D eigenvalue weighted by Crippen LogP contribution is -2.37. The molecule has 3 rings (SSSR count). The lowest BCUT2D eigenvalue weighted by atomic mass is 10.2. The summed E-state index contributed by atoms with van der Waals surface area (Å²) in [7, 11) is 1.87. The number of halogens is 2. The van der Waals surface area contributed by atoms with E-state index in [1.165, 1.54) is 17.8 Å². The number of rotatable bonds is 4. The van der Waals surface area contributed by atoms with E-state index in [2.05, 4.69) is 15.1 Å². The Balaban J connectivity index is 1.71. The number of anilines is 1. The van der Waals surface area contributed by atoms with Gasteiger partial charge in [0, 0.05) is 31.5 Å². The third kappa shape index (κ3) is 3.07. The molecule has 8 heteroatoms.